The molecule has 2 aliphatic heterocycles. The molecular weight excluding hydrogens is 650 g/mol. The van der Waals surface area contributed by atoms with Gasteiger partial charge in [-0.1, -0.05) is 133 Å². The van der Waals surface area contributed by atoms with E-state index in [9.17, 15) is 15.1 Å². The van der Waals surface area contributed by atoms with Crippen molar-refractivity contribution in [1.29, 1.82) is 0 Å². The van der Waals surface area contributed by atoms with Gasteiger partial charge in [0.15, 0.2) is 0 Å². The molecule has 49 heavy (non-hydrogen) atoms. The van der Waals surface area contributed by atoms with Crippen molar-refractivity contribution in [3.63, 3.8) is 0 Å². The molecule has 1 aromatic heterocycles. The van der Waals surface area contributed by atoms with Crippen LogP contribution in [0.5, 0.6) is 0 Å². The number of aromatic nitrogens is 3. The second-order valence-electron chi connectivity index (χ2n) is 12.0. The molecule has 5 aromatic carbocycles. The maximum atomic E-state index is 15.9. The lowest BCUT2D eigenvalue weighted by Crippen LogP contribution is -2.39. The highest BCUT2D eigenvalue weighted by atomic mass is 32.2. The fourth-order valence-electron chi connectivity index (χ4n) is 7.15. The quantitative estimate of drug-likeness (QED) is 0.0793. The van der Waals surface area contributed by atoms with Gasteiger partial charge in [-0.2, -0.15) is 4.79 Å². The van der Waals surface area contributed by atoms with Crippen molar-refractivity contribution in [3.8, 4) is 5.69 Å². The smallest absolute Gasteiger partial charge is 0.352 e. The van der Waals surface area contributed by atoms with Crippen molar-refractivity contribution in [2.24, 2.45) is 0 Å². The molecule has 0 aliphatic carbocycles. The Morgan fingerprint density at radius 1 is 0.673 bits per heavy atom. The average Bonchev–Trinajstić information content (AvgIpc) is 3.27. The Bertz CT molecular complexity index is 2390. The molecule has 0 saturated carbocycles. The molecule has 10 heteroatoms. The molecule has 0 amide bonds. The van der Waals surface area contributed by atoms with E-state index in [0.717, 1.165) is 21.6 Å². The van der Waals surface area contributed by atoms with Gasteiger partial charge in [0, 0.05) is 21.3 Å². The van der Waals surface area contributed by atoms with Crippen LogP contribution in [0.2, 0.25) is 0 Å². The highest BCUT2D eigenvalue weighted by Crippen LogP contribution is 2.57. The van der Waals surface area contributed by atoms with Crippen molar-refractivity contribution >= 4 is 35.0 Å². The topological polar surface area (TPSA) is 102 Å². The number of allylic oxidation sites excluding steroid dienone is 2. The Balaban J connectivity index is 1.43. The summed E-state index contributed by atoms with van der Waals surface area (Å²) in [6.07, 6.45) is 2.04. The summed E-state index contributed by atoms with van der Waals surface area (Å²) in [5.41, 5.74) is 13.2. The fraction of sp³-hybridized carbons (Fsp3) is 0.103. The van der Waals surface area contributed by atoms with Crippen molar-refractivity contribution in [2.75, 3.05) is 0 Å². The molecule has 3 heterocycles. The second kappa shape index (κ2) is 12.5. The monoisotopic (exact) mass is 679 g/mol. The lowest BCUT2D eigenvalue weighted by Gasteiger charge is -2.31. The zero-order valence-corrected chi connectivity index (χ0v) is 27.9. The van der Waals surface area contributed by atoms with E-state index in [1.807, 2.05) is 103 Å². The molecule has 0 radical (unpaired) electrons. The Kier molecular flexibility index (Phi) is 7.89. The van der Waals surface area contributed by atoms with E-state index in [1.54, 1.807) is 60.3 Å². The van der Waals surface area contributed by atoms with E-state index in [0.29, 0.717) is 22.0 Å². The molecule has 8 rings (SSSR count). The summed E-state index contributed by atoms with van der Waals surface area (Å²) in [5, 5.41) is 0.999. The minimum Gasteiger partial charge on any atom is -0.361 e. The SMILES string of the molecule is [N-]=[N+]=C([C@@H]1c2ccccc2[C@@H]2C=C(SCc3ccccc3)[C@H]1n1c(=O)n(-c3ccccc3)c(=O)n12)P(=O)(c1ccccc1)c1ccccc1. The van der Waals surface area contributed by atoms with Gasteiger partial charge in [-0.3, -0.25) is 0 Å². The summed E-state index contributed by atoms with van der Waals surface area (Å²) in [4.78, 5) is 33.8. The first-order valence-corrected chi connectivity index (χ1v) is 18.6. The van der Waals surface area contributed by atoms with Gasteiger partial charge < -0.3 is 10.1 Å². The summed E-state index contributed by atoms with van der Waals surface area (Å²) in [6, 6.07) is 43.1. The number of hydrogen-bond donors (Lipinski definition) is 0. The first-order chi connectivity index (χ1) is 24.0. The Hall–Kier alpha value is -5.46. The number of thioether (sulfide) groups is 1. The van der Waals surface area contributed by atoms with Gasteiger partial charge in [0.05, 0.1) is 5.69 Å². The maximum Gasteiger partial charge on any atom is 0.352 e. The number of hydrogen-bond acceptors (Lipinski definition) is 4. The Morgan fingerprint density at radius 3 is 1.78 bits per heavy atom. The van der Waals surface area contributed by atoms with Crippen LogP contribution < -0.4 is 22.0 Å². The normalized spacial score (nSPS) is 17.7. The van der Waals surface area contributed by atoms with Gasteiger partial charge >= 0.3 is 16.8 Å². The highest BCUT2D eigenvalue weighted by Gasteiger charge is 2.55. The first-order valence-electron chi connectivity index (χ1n) is 15.9. The van der Waals surface area contributed by atoms with E-state index in [-0.39, 0.29) is 5.45 Å². The van der Waals surface area contributed by atoms with Gasteiger partial charge in [-0.15, -0.1) is 11.8 Å². The first kappa shape index (κ1) is 30.8. The summed E-state index contributed by atoms with van der Waals surface area (Å²) in [6.45, 7) is 0. The standard InChI is InChI=1S/C39H30N5O3PS/c40-41-37(48(47,29-19-9-3-10-20-29)30-21-11-4-12-22-30)35-32-24-14-13-23-31(32)33-25-34(49-26-27-15-5-1-6-16-27)36(35)44-39(46)42(38(45)43(33)44)28-17-7-2-8-18-28/h1-25,33,35-36H,26H2/t33-,35+,36+/m0/s1. The number of rotatable bonds is 8. The lowest BCUT2D eigenvalue weighted by molar-refractivity contribution is -0.00612. The summed E-state index contributed by atoms with van der Waals surface area (Å²) >= 11 is 1.57. The van der Waals surface area contributed by atoms with Crippen LogP contribution in [-0.4, -0.2) is 24.2 Å². The van der Waals surface area contributed by atoms with Crippen LogP contribution in [0.1, 0.15) is 34.7 Å². The Morgan fingerprint density at radius 2 is 1.18 bits per heavy atom. The van der Waals surface area contributed by atoms with Crippen LogP contribution >= 0.6 is 18.9 Å². The largest absolute Gasteiger partial charge is 0.361 e. The number of para-hydroxylation sites is 1. The predicted molar refractivity (Wildman–Crippen MR) is 195 cm³/mol. The Labute approximate surface area is 286 Å². The molecule has 240 valence electrons. The zero-order valence-electron chi connectivity index (χ0n) is 26.2. The predicted octanol–water partition coefficient (Wildman–Crippen LogP) is 6.50. The molecule has 2 bridgehead atoms. The third-order valence-electron chi connectivity index (χ3n) is 9.32. The van der Waals surface area contributed by atoms with E-state index in [1.165, 1.54) is 13.9 Å². The minimum atomic E-state index is -3.85. The zero-order chi connectivity index (χ0) is 33.5. The molecule has 0 spiro atoms. The molecule has 6 aromatic rings. The van der Waals surface area contributed by atoms with Crippen LogP contribution in [0, 0.1) is 0 Å². The molecule has 8 nitrogen and oxygen atoms in total. The number of nitrogens with zero attached hydrogens (tertiary/aromatic N) is 5. The van der Waals surface area contributed by atoms with Gasteiger partial charge in [0.1, 0.15) is 18.0 Å². The van der Waals surface area contributed by atoms with E-state index >= 15 is 4.57 Å². The molecule has 2 aliphatic rings. The summed E-state index contributed by atoms with van der Waals surface area (Å²) in [5.74, 6) is -0.290. The van der Waals surface area contributed by atoms with Crippen LogP contribution in [0.15, 0.2) is 166 Å². The van der Waals surface area contributed by atoms with Crippen LogP contribution in [0.25, 0.3) is 11.2 Å². The van der Waals surface area contributed by atoms with E-state index in [4.69, 9.17) is 0 Å². The summed E-state index contributed by atoms with van der Waals surface area (Å²) in [7, 11) is -3.85. The molecule has 3 atom stereocenters. The highest BCUT2D eigenvalue weighted by molar-refractivity contribution is 8.02. The lowest BCUT2D eigenvalue weighted by atomic mass is 9.90. The fourth-order valence-corrected chi connectivity index (χ4v) is 11.1. The molecule has 0 unspecified atom stereocenters. The van der Waals surface area contributed by atoms with Gasteiger partial charge in [-0.05, 0) is 34.9 Å². The van der Waals surface area contributed by atoms with Crippen molar-refractivity contribution < 1.29 is 9.35 Å². The van der Waals surface area contributed by atoms with E-state index < -0.39 is 36.5 Å². The third kappa shape index (κ3) is 4.98. The molecule has 0 fully saturated rings. The molecule has 0 saturated heterocycles. The van der Waals surface area contributed by atoms with Crippen molar-refractivity contribution in [1.82, 2.24) is 13.9 Å². The van der Waals surface area contributed by atoms with Crippen LogP contribution in [-0.2, 0) is 10.3 Å². The number of benzene rings is 5. The van der Waals surface area contributed by atoms with Gasteiger partial charge in [0.25, 0.3) is 0 Å². The third-order valence-corrected chi connectivity index (χ3v) is 13.6. The summed E-state index contributed by atoms with van der Waals surface area (Å²) < 4.78 is 20.1. The van der Waals surface area contributed by atoms with Crippen molar-refractivity contribution in [2.45, 2.75) is 23.8 Å². The number of fused-ring (bicyclic) bond motifs is 2. The van der Waals surface area contributed by atoms with Crippen molar-refractivity contribution in [3.05, 3.63) is 200 Å². The molecular formula is C39H30N5O3PS. The van der Waals surface area contributed by atoms with Crippen LogP contribution in [0.4, 0.5) is 0 Å². The van der Waals surface area contributed by atoms with Crippen LogP contribution in [0.3, 0.4) is 0 Å². The molecule has 0 N–H and O–H groups in total. The van der Waals surface area contributed by atoms with E-state index in [2.05, 4.69) is 4.79 Å². The second-order valence-corrected chi connectivity index (χ2v) is 15.8. The minimum absolute atomic E-state index is 0.0365. The van der Waals surface area contributed by atoms with Gasteiger partial charge in [-0.25, -0.2) is 23.5 Å². The maximum absolute atomic E-state index is 15.9. The van der Waals surface area contributed by atoms with Gasteiger partial charge in [0.2, 0.25) is 7.14 Å². The average molecular weight is 680 g/mol.